The number of nitrogens with one attached hydrogen (secondary N) is 1. The van der Waals surface area contributed by atoms with Crippen LogP contribution in [0.4, 0.5) is 5.95 Å². The highest BCUT2D eigenvalue weighted by Gasteiger charge is 2.13. The Morgan fingerprint density at radius 1 is 1.33 bits per heavy atom. The number of anilines is 1. The molecule has 6 heteroatoms. The number of aromatic nitrogens is 4. The third kappa shape index (κ3) is 1.66. The van der Waals surface area contributed by atoms with Gasteiger partial charge in [0.05, 0.1) is 17.6 Å². The minimum absolute atomic E-state index is 0.349. The number of aromatic amines is 1. The summed E-state index contributed by atoms with van der Waals surface area (Å²) in [6.07, 6.45) is 1.63. The van der Waals surface area contributed by atoms with Crippen LogP contribution in [0.15, 0.2) is 6.20 Å². The van der Waals surface area contributed by atoms with Crippen LogP contribution in [0, 0.1) is 13.8 Å². The highest BCUT2D eigenvalue weighted by molar-refractivity contribution is 6.32. The molecule has 15 heavy (non-hydrogen) atoms. The Kier molecular flexibility index (Phi) is 2.32. The van der Waals surface area contributed by atoms with Gasteiger partial charge in [-0.3, -0.25) is 0 Å². The summed E-state index contributed by atoms with van der Waals surface area (Å²) in [4.78, 5) is 6.84. The van der Waals surface area contributed by atoms with Gasteiger partial charge in [0.1, 0.15) is 0 Å². The molecule has 0 saturated carbocycles. The second-order valence-corrected chi connectivity index (χ2v) is 3.62. The van der Waals surface area contributed by atoms with Crippen molar-refractivity contribution in [1.29, 1.82) is 0 Å². The molecule has 0 atom stereocenters. The average Bonchev–Trinajstić information content (AvgIpc) is 2.59. The van der Waals surface area contributed by atoms with Crippen LogP contribution >= 0.6 is 11.6 Å². The molecule has 0 unspecified atom stereocenters. The van der Waals surface area contributed by atoms with Gasteiger partial charge in [0.15, 0.2) is 11.1 Å². The Morgan fingerprint density at radius 3 is 2.67 bits per heavy atom. The fourth-order valence-corrected chi connectivity index (χ4v) is 1.64. The molecule has 0 saturated heterocycles. The van der Waals surface area contributed by atoms with E-state index in [1.165, 1.54) is 0 Å². The van der Waals surface area contributed by atoms with Crippen LogP contribution in [0.3, 0.4) is 0 Å². The maximum Gasteiger partial charge on any atom is 0.197 e. The first kappa shape index (κ1) is 9.92. The maximum absolute atomic E-state index is 5.98. The number of nitrogens with two attached hydrogens (primary N) is 1. The summed E-state index contributed by atoms with van der Waals surface area (Å²) in [7, 11) is 0. The lowest BCUT2D eigenvalue weighted by atomic mass is 10.1. The van der Waals surface area contributed by atoms with Crippen LogP contribution in [0.5, 0.6) is 0 Å². The first-order chi connectivity index (χ1) is 7.09. The second kappa shape index (κ2) is 3.51. The van der Waals surface area contributed by atoms with Crippen molar-refractivity contribution in [3.05, 3.63) is 22.6 Å². The van der Waals surface area contributed by atoms with Gasteiger partial charge in [-0.05, 0) is 19.4 Å². The Labute approximate surface area is 91.7 Å². The van der Waals surface area contributed by atoms with E-state index in [4.69, 9.17) is 17.3 Å². The molecule has 0 amide bonds. The first-order valence-electron chi connectivity index (χ1n) is 4.40. The van der Waals surface area contributed by atoms with Crippen molar-refractivity contribution in [2.24, 2.45) is 0 Å². The van der Waals surface area contributed by atoms with Gasteiger partial charge in [0.2, 0.25) is 0 Å². The first-order valence-corrected chi connectivity index (χ1v) is 4.77. The number of imidazole rings is 1. The van der Waals surface area contributed by atoms with Crippen LogP contribution in [0.1, 0.15) is 11.3 Å². The number of rotatable bonds is 1. The molecule has 5 nitrogen and oxygen atoms in total. The molecule has 2 aromatic rings. The molecule has 0 fully saturated rings. The van der Waals surface area contributed by atoms with Crippen LogP contribution in [-0.4, -0.2) is 20.2 Å². The number of H-pyrrole nitrogens is 1. The molecule has 0 aliphatic carbocycles. The average molecular weight is 224 g/mol. The fourth-order valence-electron chi connectivity index (χ4n) is 1.36. The van der Waals surface area contributed by atoms with E-state index >= 15 is 0 Å². The molecule has 2 aromatic heterocycles. The zero-order valence-electron chi connectivity index (χ0n) is 8.37. The lowest BCUT2D eigenvalue weighted by molar-refractivity contribution is 0.963. The zero-order valence-corrected chi connectivity index (χ0v) is 9.13. The van der Waals surface area contributed by atoms with Gasteiger partial charge in [0, 0.05) is 5.56 Å². The Hall–Kier alpha value is -1.62. The van der Waals surface area contributed by atoms with Gasteiger partial charge in [-0.1, -0.05) is 11.6 Å². The molecular formula is C9H10ClN5. The van der Waals surface area contributed by atoms with Gasteiger partial charge in [0.25, 0.3) is 0 Å². The molecule has 0 aliphatic heterocycles. The lowest BCUT2D eigenvalue weighted by Gasteiger charge is -2.06. The van der Waals surface area contributed by atoms with E-state index < -0.39 is 0 Å². The normalized spacial score (nSPS) is 10.6. The van der Waals surface area contributed by atoms with Crippen LogP contribution in [0.2, 0.25) is 5.15 Å². The van der Waals surface area contributed by atoms with E-state index in [0.29, 0.717) is 11.1 Å². The van der Waals surface area contributed by atoms with Crippen molar-refractivity contribution >= 4 is 17.5 Å². The quantitative estimate of drug-likeness (QED) is 0.772. The van der Waals surface area contributed by atoms with Crippen molar-refractivity contribution < 1.29 is 0 Å². The topological polar surface area (TPSA) is 80.5 Å². The number of aryl methyl sites for hydroxylation is 1. The minimum atomic E-state index is 0.349. The van der Waals surface area contributed by atoms with Gasteiger partial charge in [-0.2, -0.15) is 5.10 Å². The SMILES string of the molecule is Cc1nnc(Cl)c(-c2cnc(N)[nH]2)c1C. The lowest BCUT2D eigenvalue weighted by Crippen LogP contribution is -1.96. The maximum atomic E-state index is 5.98. The molecule has 0 aromatic carbocycles. The van der Waals surface area contributed by atoms with Crippen molar-refractivity contribution in [2.45, 2.75) is 13.8 Å². The van der Waals surface area contributed by atoms with Crippen molar-refractivity contribution in [2.75, 3.05) is 5.73 Å². The fraction of sp³-hybridized carbons (Fsp3) is 0.222. The standard InChI is InChI=1S/C9H10ClN5/c1-4-5(2)14-15-8(10)7(4)6-3-12-9(11)13-6/h3H,1-2H3,(H3,11,12,13). The van der Waals surface area contributed by atoms with Gasteiger partial charge in [-0.15, -0.1) is 5.10 Å². The monoisotopic (exact) mass is 223 g/mol. The second-order valence-electron chi connectivity index (χ2n) is 3.26. The van der Waals surface area contributed by atoms with E-state index in [2.05, 4.69) is 20.2 Å². The van der Waals surface area contributed by atoms with Gasteiger partial charge in [-0.25, -0.2) is 4.98 Å². The summed E-state index contributed by atoms with van der Waals surface area (Å²) in [5.74, 6) is 0.356. The summed E-state index contributed by atoms with van der Waals surface area (Å²) >= 11 is 5.98. The molecular weight excluding hydrogens is 214 g/mol. The molecule has 78 valence electrons. The third-order valence-electron chi connectivity index (χ3n) is 2.28. The van der Waals surface area contributed by atoms with Crippen molar-refractivity contribution in [3.8, 4) is 11.3 Å². The van der Waals surface area contributed by atoms with Crippen LogP contribution < -0.4 is 5.73 Å². The predicted octanol–water partition coefficient (Wildman–Crippen LogP) is 1.72. The Balaban J connectivity index is 2.66. The smallest absolute Gasteiger partial charge is 0.197 e. The molecule has 0 radical (unpaired) electrons. The highest BCUT2D eigenvalue weighted by Crippen LogP contribution is 2.28. The van der Waals surface area contributed by atoms with Gasteiger partial charge >= 0.3 is 0 Å². The third-order valence-corrected chi connectivity index (χ3v) is 2.54. The summed E-state index contributed by atoms with van der Waals surface area (Å²) < 4.78 is 0. The predicted molar refractivity (Wildman–Crippen MR) is 58.5 cm³/mol. The molecule has 0 bridgehead atoms. The largest absolute Gasteiger partial charge is 0.369 e. The molecule has 0 spiro atoms. The van der Waals surface area contributed by atoms with E-state index in [-0.39, 0.29) is 0 Å². The molecule has 2 heterocycles. The van der Waals surface area contributed by atoms with Crippen LogP contribution in [0.25, 0.3) is 11.3 Å². The number of hydrogen-bond acceptors (Lipinski definition) is 4. The zero-order chi connectivity index (χ0) is 11.0. The molecule has 0 aliphatic rings. The Bertz CT molecular complexity index is 505. The molecule has 3 N–H and O–H groups in total. The van der Waals surface area contributed by atoms with E-state index in [0.717, 1.165) is 22.5 Å². The summed E-state index contributed by atoms with van der Waals surface area (Å²) in [5.41, 5.74) is 8.87. The number of nitrogens with zero attached hydrogens (tertiary/aromatic N) is 3. The van der Waals surface area contributed by atoms with Crippen molar-refractivity contribution in [3.63, 3.8) is 0 Å². The summed E-state index contributed by atoms with van der Waals surface area (Å²) in [6.45, 7) is 3.81. The number of halogens is 1. The summed E-state index contributed by atoms with van der Waals surface area (Å²) in [5, 5.41) is 8.12. The minimum Gasteiger partial charge on any atom is -0.369 e. The van der Waals surface area contributed by atoms with Crippen molar-refractivity contribution in [1.82, 2.24) is 20.2 Å². The van der Waals surface area contributed by atoms with Crippen LogP contribution in [-0.2, 0) is 0 Å². The number of hydrogen-bond donors (Lipinski definition) is 2. The Morgan fingerprint density at radius 2 is 2.07 bits per heavy atom. The van der Waals surface area contributed by atoms with E-state index in [9.17, 15) is 0 Å². The summed E-state index contributed by atoms with van der Waals surface area (Å²) in [6, 6.07) is 0. The van der Waals surface area contributed by atoms with E-state index in [1.807, 2.05) is 13.8 Å². The molecule has 2 rings (SSSR count). The highest BCUT2D eigenvalue weighted by atomic mass is 35.5. The van der Waals surface area contributed by atoms with Gasteiger partial charge < -0.3 is 10.7 Å². The number of nitrogen functional groups attached to an aromatic ring is 1. The van der Waals surface area contributed by atoms with E-state index in [1.54, 1.807) is 6.20 Å².